The molecule has 0 bridgehead atoms. The van der Waals surface area contributed by atoms with Crippen LogP contribution in [0.1, 0.15) is 56.4 Å². The fraction of sp³-hybridized carbons (Fsp3) is 0.176. The van der Waals surface area contributed by atoms with Crippen molar-refractivity contribution >= 4 is 46.4 Å². The first-order valence-corrected chi connectivity index (χ1v) is 14.5. The van der Waals surface area contributed by atoms with E-state index in [2.05, 4.69) is 15.7 Å². The number of carbonyl (C=O) groups is 3. The highest BCUT2D eigenvalue weighted by Crippen LogP contribution is 2.30. The highest BCUT2D eigenvalue weighted by Gasteiger charge is 2.22. The Labute approximate surface area is 260 Å². The van der Waals surface area contributed by atoms with Gasteiger partial charge in [0.05, 0.1) is 19.4 Å². The molecule has 5 rings (SSSR count). The number of hydrogen-bond acceptors (Lipinski definition) is 6. The number of nitrogens with one attached hydrogen (secondary N) is 2. The van der Waals surface area contributed by atoms with Gasteiger partial charge in [-0.3, -0.25) is 14.4 Å². The zero-order chi connectivity index (χ0) is 31.1. The molecule has 0 saturated carbocycles. The summed E-state index contributed by atoms with van der Waals surface area (Å²) in [6.45, 7) is 2.91. The number of methoxy groups -OCH3 is 1. The molecule has 3 amide bonds. The summed E-state index contributed by atoms with van der Waals surface area (Å²) in [7, 11) is 1.59. The summed E-state index contributed by atoms with van der Waals surface area (Å²) < 4.78 is 11.1. The Kier molecular flexibility index (Phi) is 9.56. The number of carbonyl (C=O) groups excluding carboxylic acids is 3. The zero-order valence-corrected chi connectivity index (χ0v) is 25.1. The number of hydrogen-bond donors (Lipinski definition) is 2. The summed E-state index contributed by atoms with van der Waals surface area (Å²) in [5.74, 6) is 0.362. The molecule has 224 valence electrons. The van der Waals surface area contributed by atoms with Crippen molar-refractivity contribution in [3.8, 4) is 11.5 Å². The minimum Gasteiger partial charge on any atom is -0.493 e. The molecule has 1 heterocycles. The van der Waals surface area contributed by atoms with E-state index in [-0.39, 0.29) is 17.7 Å². The second-order valence-electron chi connectivity index (χ2n) is 9.95. The summed E-state index contributed by atoms with van der Waals surface area (Å²) in [5, 5.41) is 12.3. The number of anilines is 2. The first-order valence-electron chi connectivity index (χ1n) is 14.1. The summed E-state index contributed by atoms with van der Waals surface area (Å²) in [4.78, 5) is 38.8. The highest BCUT2D eigenvalue weighted by molar-refractivity contribution is 6.30. The van der Waals surface area contributed by atoms with E-state index in [1.165, 1.54) is 5.01 Å². The van der Waals surface area contributed by atoms with Crippen molar-refractivity contribution in [2.75, 3.05) is 30.9 Å². The van der Waals surface area contributed by atoms with Crippen LogP contribution in [-0.4, -0.2) is 48.7 Å². The Morgan fingerprint density at radius 1 is 0.818 bits per heavy atom. The molecule has 2 N–H and O–H groups in total. The molecule has 0 aliphatic carbocycles. The van der Waals surface area contributed by atoms with Gasteiger partial charge in [0, 0.05) is 45.2 Å². The highest BCUT2D eigenvalue weighted by atomic mass is 35.5. The van der Waals surface area contributed by atoms with E-state index < -0.39 is 0 Å². The lowest BCUT2D eigenvalue weighted by atomic mass is 10.0. The predicted molar refractivity (Wildman–Crippen MR) is 171 cm³/mol. The van der Waals surface area contributed by atoms with Crippen molar-refractivity contribution in [2.24, 2.45) is 5.10 Å². The summed E-state index contributed by atoms with van der Waals surface area (Å²) >= 11 is 5.90. The number of nitrogens with zero attached hydrogens (tertiary/aromatic N) is 2. The first-order chi connectivity index (χ1) is 21.3. The monoisotopic (exact) mass is 610 g/mol. The Morgan fingerprint density at radius 2 is 1.52 bits per heavy atom. The standard InChI is InChI=1S/C34H31ClN4O5/c1-3-44-31-21-24(13-18-30(31)43-2)29-8-5-19-39(38-29)34(42)23-11-16-27(17-12-23)36-33(41)25-6-4-7-28(20-25)37-32(40)22-9-14-26(35)15-10-22/h4,6-7,9-18,20-21H,3,5,8,19H2,1-2H3,(H,36,41)(H,37,40). The van der Waals surface area contributed by atoms with E-state index in [0.717, 1.165) is 24.1 Å². The fourth-order valence-corrected chi connectivity index (χ4v) is 4.83. The summed E-state index contributed by atoms with van der Waals surface area (Å²) in [6.07, 6.45) is 1.51. The molecule has 1 aliphatic heterocycles. The SMILES string of the molecule is CCOc1cc(C2=NN(C(=O)c3ccc(NC(=O)c4cccc(NC(=O)c5ccc(Cl)cc5)c4)cc3)CCC2)ccc1OC. The average molecular weight is 611 g/mol. The third-order valence-electron chi connectivity index (χ3n) is 6.93. The number of ether oxygens (including phenoxy) is 2. The molecule has 0 unspecified atom stereocenters. The third-order valence-corrected chi connectivity index (χ3v) is 7.19. The average Bonchev–Trinajstić information content (AvgIpc) is 3.05. The number of rotatable bonds is 9. The van der Waals surface area contributed by atoms with Gasteiger partial charge in [-0.25, -0.2) is 5.01 Å². The molecule has 0 radical (unpaired) electrons. The van der Waals surface area contributed by atoms with Crippen LogP contribution in [-0.2, 0) is 0 Å². The molecule has 0 aromatic heterocycles. The molecule has 9 nitrogen and oxygen atoms in total. The first kappa shape index (κ1) is 30.3. The molecule has 4 aromatic rings. The Morgan fingerprint density at radius 3 is 2.25 bits per heavy atom. The molecular formula is C34H31ClN4O5. The van der Waals surface area contributed by atoms with Gasteiger partial charge in [0.2, 0.25) is 0 Å². The van der Waals surface area contributed by atoms with Crippen LogP contribution < -0.4 is 20.1 Å². The lowest BCUT2D eigenvalue weighted by molar-refractivity contribution is 0.0751. The van der Waals surface area contributed by atoms with Gasteiger partial charge >= 0.3 is 0 Å². The molecule has 0 fully saturated rings. The van der Waals surface area contributed by atoms with Gasteiger partial charge in [0.1, 0.15) is 0 Å². The molecule has 0 spiro atoms. The van der Waals surface area contributed by atoms with Crippen LogP contribution in [0.3, 0.4) is 0 Å². The largest absolute Gasteiger partial charge is 0.493 e. The van der Waals surface area contributed by atoms with Crippen molar-refractivity contribution in [3.63, 3.8) is 0 Å². The van der Waals surface area contributed by atoms with Gasteiger partial charge in [0.25, 0.3) is 17.7 Å². The second-order valence-corrected chi connectivity index (χ2v) is 10.4. The van der Waals surface area contributed by atoms with Crippen LogP contribution in [0.4, 0.5) is 11.4 Å². The second kappa shape index (κ2) is 13.9. The lowest BCUT2D eigenvalue weighted by Crippen LogP contribution is -2.32. The van der Waals surface area contributed by atoms with Crippen LogP contribution in [0.15, 0.2) is 96.1 Å². The van der Waals surface area contributed by atoms with E-state index in [9.17, 15) is 14.4 Å². The van der Waals surface area contributed by atoms with E-state index >= 15 is 0 Å². The van der Waals surface area contributed by atoms with Crippen molar-refractivity contribution in [1.82, 2.24) is 5.01 Å². The maximum atomic E-state index is 13.3. The van der Waals surface area contributed by atoms with Gasteiger partial charge in [-0.1, -0.05) is 17.7 Å². The minimum atomic E-state index is -0.358. The summed E-state index contributed by atoms with van der Waals surface area (Å²) in [5.41, 5.74) is 3.92. The van der Waals surface area contributed by atoms with Crippen LogP contribution >= 0.6 is 11.6 Å². The Hall–Kier alpha value is -5.15. The third kappa shape index (κ3) is 7.25. The van der Waals surface area contributed by atoms with Crippen molar-refractivity contribution in [3.05, 3.63) is 118 Å². The molecule has 1 aliphatic rings. The molecule has 0 saturated heterocycles. The van der Waals surface area contributed by atoms with Gasteiger partial charge < -0.3 is 20.1 Å². The van der Waals surface area contributed by atoms with Gasteiger partial charge in [-0.15, -0.1) is 0 Å². The van der Waals surface area contributed by atoms with Crippen molar-refractivity contribution in [2.45, 2.75) is 19.8 Å². The lowest BCUT2D eigenvalue weighted by Gasteiger charge is -2.24. The molecule has 44 heavy (non-hydrogen) atoms. The molecule has 0 atom stereocenters. The number of hydrazone groups is 1. The molecule has 4 aromatic carbocycles. The fourth-order valence-electron chi connectivity index (χ4n) is 4.71. The summed E-state index contributed by atoms with van der Waals surface area (Å²) in [6, 6.07) is 25.4. The minimum absolute atomic E-state index is 0.234. The van der Waals surface area contributed by atoms with Crippen LogP contribution in [0.2, 0.25) is 5.02 Å². The Bertz CT molecular complexity index is 1700. The normalized spacial score (nSPS) is 12.6. The van der Waals surface area contributed by atoms with Crippen LogP contribution in [0.25, 0.3) is 0 Å². The maximum absolute atomic E-state index is 13.3. The molecule has 10 heteroatoms. The van der Waals surface area contributed by atoms with Gasteiger partial charge in [-0.05, 0) is 105 Å². The van der Waals surface area contributed by atoms with E-state index in [1.54, 1.807) is 79.9 Å². The number of benzene rings is 4. The van der Waals surface area contributed by atoms with Crippen LogP contribution in [0.5, 0.6) is 11.5 Å². The van der Waals surface area contributed by atoms with E-state index in [4.69, 9.17) is 21.1 Å². The smallest absolute Gasteiger partial charge is 0.273 e. The van der Waals surface area contributed by atoms with Crippen molar-refractivity contribution in [1.29, 1.82) is 0 Å². The van der Waals surface area contributed by atoms with Gasteiger partial charge in [0.15, 0.2) is 11.5 Å². The van der Waals surface area contributed by atoms with E-state index in [1.807, 2.05) is 25.1 Å². The quantitative estimate of drug-likeness (QED) is 0.214. The van der Waals surface area contributed by atoms with E-state index in [0.29, 0.717) is 57.7 Å². The maximum Gasteiger partial charge on any atom is 0.273 e. The van der Waals surface area contributed by atoms with Crippen molar-refractivity contribution < 1.29 is 23.9 Å². The number of halogens is 1. The Balaban J connectivity index is 1.23. The zero-order valence-electron chi connectivity index (χ0n) is 24.3. The molecular weight excluding hydrogens is 580 g/mol. The predicted octanol–water partition coefficient (Wildman–Crippen LogP) is 6.89. The van der Waals surface area contributed by atoms with Crippen LogP contribution in [0, 0.1) is 0 Å². The topological polar surface area (TPSA) is 109 Å². The van der Waals surface area contributed by atoms with Gasteiger partial charge in [-0.2, -0.15) is 5.10 Å². The number of amides is 3.